The van der Waals surface area contributed by atoms with Crippen molar-refractivity contribution in [1.82, 2.24) is 4.98 Å². The van der Waals surface area contributed by atoms with Gasteiger partial charge in [0.05, 0.1) is 16.8 Å². The highest BCUT2D eigenvalue weighted by atomic mass is 32.1. The van der Waals surface area contributed by atoms with Crippen molar-refractivity contribution < 1.29 is 9.50 Å². The minimum atomic E-state index is -0.266. The largest absolute Gasteiger partial charge is 0.392 e. The van der Waals surface area contributed by atoms with E-state index in [-0.39, 0.29) is 12.4 Å². The molecule has 0 spiro atoms. The summed E-state index contributed by atoms with van der Waals surface area (Å²) in [4.78, 5) is 4.37. The molecule has 0 aliphatic carbocycles. The van der Waals surface area contributed by atoms with Gasteiger partial charge in [-0.15, -0.1) is 11.3 Å². The molecule has 2 nitrogen and oxygen atoms in total. The minimum Gasteiger partial charge on any atom is -0.392 e. The number of hydrogen-bond donors (Lipinski definition) is 1. The average molecular weight is 285 g/mol. The second-order valence-corrected chi connectivity index (χ2v) is 5.46. The van der Waals surface area contributed by atoms with Crippen LogP contribution in [0.4, 0.5) is 4.39 Å². The Labute approximate surface area is 119 Å². The first-order chi connectivity index (χ1) is 9.74. The molecule has 0 radical (unpaired) electrons. The first-order valence-corrected chi connectivity index (χ1v) is 7.00. The predicted molar refractivity (Wildman–Crippen MR) is 80.9 cm³/mol. The van der Waals surface area contributed by atoms with Gasteiger partial charge >= 0.3 is 0 Å². The zero-order valence-corrected chi connectivity index (χ0v) is 11.4. The van der Waals surface area contributed by atoms with Gasteiger partial charge in [-0.1, -0.05) is 30.3 Å². The summed E-state index contributed by atoms with van der Waals surface area (Å²) in [5.74, 6) is -0.266. The standard InChI is InChI=1S/C16H12FNOS/c17-13-6-7-15-14(9-13)18-16(20-15)8-5-11-1-3-12(10-19)4-2-11/h1-9,19H,10H2/b8-5+. The van der Waals surface area contributed by atoms with E-state index in [0.29, 0.717) is 5.52 Å². The molecule has 4 heteroatoms. The van der Waals surface area contributed by atoms with E-state index in [0.717, 1.165) is 20.8 Å². The van der Waals surface area contributed by atoms with Crippen LogP contribution in [0.1, 0.15) is 16.1 Å². The van der Waals surface area contributed by atoms with Crippen LogP contribution in [0.25, 0.3) is 22.4 Å². The highest BCUT2D eigenvalue weighted by Crippen LogP contribution is 2.24. The highest BCUT2D eigenvalue weighted by molar-refractivity contribution is 7.19. The zero-order valence-electron chi connectivity index (χ0n) is 10.6. The summed E-state index contributed by atoms with van der Waals surface area (Å²) in [6.07, 6.45) is 3.87. The van der Waals surface area contributed by atoms with Crippen molar-refractivity contribution in [2.24, 2.45) is 0 Å². The van der Waals surface area contributed by atoms with Crippen LogP contribution in [-0.2, 0) is 6.61 Å². The number of thiazole rings is 1. The van der Waals surface area contributed by atoms with E-state index in [2.05, 4.69) is 4.98 Å². The van der Waals surface area contributed by atoms with Gasteiger partial charge in [-0.2, -0.15) is 0 Å². The number of rotatable bonds is 3. The molecule has 0 amide bonds. The third-order valence-corrected chi connectivity index (χ3v) is 3.95. The van der Waals surface area contributed by atoms with Crippen molar-refractivity contribution >= 4 is 33.7 Å². The molecule has 1 heterocycles. The molecular weight excluding hydrogens is 273 g/mol. The lowest BCUT2D eigenvalue weighted by molar-refractivity contribution is 0.282. The minimum absolute atomic E-state index is 0.0490. The van der Waals surface area contributed by atoms with Gasteiger partial charge in [0.15, 0.2) is 0 Å². The Morgan fingerprint density at radius 1 is 1.10 bits per heavy atom. The van der Waals surface area contributed by atoms with Crippen LogP contribution in [0.15, 0.2) is 42.5 Å². The summed E-state index contributed by atoms with van der Waals surface area (Å²) >= 11 is 1.53. The fourth-order valence-corrected chi connectivity index (χ4v) is 2.74. The third kappa shape index (κ3) is 2.76. The van der Waals surface area contributed by atoms with E-state index in [1.807, 2.05) is 36.4 Å². The van der Waals surface area contributed by atoms with Crippen LogP contribution in [0.2, 0.25) is 0 Å². The molecule has 3 aromatic rings. The lowest BCUT2D eigenvalue weighted by Crippen LogP contribution is -1.81. The monoisotopic (exact) mass is 285 g/mol. The van der Waals surface area contributed by atoms with E-state index in [1.54, 1.807) is 6.07 Å². The number of aliphatic hydroxyl groups excluding tert-OH is 1. The Morgan fingerprint density at radius 3 is 2.65 bits per heavy atom. The van der Waals surface area contributed by atoms with Crippen LogP contribution >= 0.6 is 11.3 Å². The molecule has 1 N–H and O–H groups in total. The maximum atomic E-state index is 13.1. The summed E-state index contributed by atoms with van der Waals surface area (Å²) in [6, 6.07) is 12.3. The molecule has 0 aliphatic rings. The van der Waals surface area contributed by atoms with Gasteiger partial charge in [0.25, 0.3) is 0 Å². The van der Waals surface area contributed by atoms with Crippen molar-refractivity contribution in [3.8, 4) is 0 Å². The predicted octanol–water partition coefficient (Wildman–Crippen LogP) is 4.10. The second kappa shape index (κ2) is 5.53. The summed E-state index contributed by atoms with van der Waals surface area (Å²) in [5.41, 5.74) is 2.61. The van der Waals surface area contributed by atoms with E-state index in [4.69, 9.17) is 5.11 Å². The van der Waals surface area contributed by atoms with E-state index in [9.17, 15) is 4.39 Å². The van der Waals surface area contributed by atoms with Gasteiger partial charge < -0.3 is 5.11 Å². The van der Waals surface area contributed by atoms with Gasteiger partial charge in [-0.05, 0) is 29.3 Å². The zero-order chi connectivity index (χ0) is 13.9. The molecule has 0 fully saturated rings. The Morgan fingerprint density at radius 2 is 1.90 bits per heavy atom. The van der Waals surface area contributed by atoms with Crippen molar-refractivity contribution in [3.05, 3.63) is 64.4 Å². The fraction of sp³-hybridized carbons (Fsp3) is 0.0625. The van der Waals surface area contributed by atoms with E-state index >= 15 is 0 Å². The number of aliphatic hydroxyl groups is 1. The first-order valence-electron chi connectivity index (χ1n) is 6.18. The average Bonchev–Trinajstić information content (AvgIpc) is 2.87. The number of benzene rings is 2. The van der Waals surface area contributed by atoms with Gasteiger partial charge in [-0.25, -0.2) is 9.37 Å². The molecule has 0 aliphatic heterocycles. The maximum absolute atomic E-state index is 13.1. The molecule has 1 aromatic heterocycles. The molecule has 0 unspecified atom stereocenters. The Balaban J connectivity index is 1.85. The number of halogens is 1. The number of aromatic nitrogens is 1. The molecule has 100 valence electrons. The normalized spacial score (nSPS) is 11.5. The fourth-order valence-electron chi connectivity index (χ4n) is 1.89. The Kier molecular flexibility index (Phi) is 3.58. The van der Waals surface area contributed by atoms with Crippen molar-refractivity contribution in [2.45, 2.75) is 6.61 Å². The van der Waals surface area contributed by atoms with Crippen LogP contribution in [0, 0.1) is 5.82 Å². The molecule has 0 saturated carbocycles. The lowest BCUT2D eigenvalue weighted by atomic mass is 10.1. The van der Waals surface area contributed by atoms with Gasteiger partial charge in [0.2, 0.25) is 0 Å². The van der Waals surface area contributed by atoms with Crippen LogP contribution in [-0.4, -0.2) is 10.1 Å². The molecular formula is C16H12FNOS. The number of nitrogens with zero attached hydrogens (tertiary/aromatic N) is 1. The SMILES string of the molecule is OCc1ccc(/C=C/c2nc3cc(F)ccc3s2)cc1. The second-order valence-electron chi connectivity index (χ2n) is 4.40. The highest BCUT2D eigenvalue weighted by Gasteiger charge is 2.02. The topological polar surface area (TPSA) is 33.1 Å². The first kappa shape index (κ1) is 13.0. The third-order valence-electron chi connectivity index (χ3n) is 2.95. The number of hydrogen-bond acceptors (Lipinski definition) is 3. The summed E-state index contributed by atoms with van der Waals surface area (Å²) in [5, 5.41) is 9.83. The Bertz CT molecular complexity index is 762. The van der Waals surface area contributed by atoms with Crippen LogP contribution in [0.3, 0.4) is 0 Å². The Hall–Kier alpha value is -2.04. The molecule has 0 bridgehead atoms. The quantitative estimate of drug-likeness (QED) is 0.786. The summed E-state index contributed by atoms with van der Waals surface area (Å²) < 4.78 is 14.1. The lowest BCUT2D eigenvalue weighted by Gasteiger charge is -1.96. The molecule has 3 rings (SSSR count). The summed E-state index contributed by atoms with van der Waals surface area (Å²) in [6.45, 7) is 0.0490. The van der Waals surface area contributed by atoms with Crippen molar-refractivity contribution in [1.29, 1.82) is 0 Å². The summed E-state index contributed by atoms with van der Waals surface area (Å²) in [7, 11) is 0. The van der Waals surface area contributed by atoms with Crippen molar-refractivity contribution in [2.75, 3.05) is 0 Å². The molecule has 2 aromatic carbocycles. The van der Waals surface area contributed by atoms with E-state index in [1.165, 1.54) is 23.5 Å². The van der Waals surface area contributed by atoms with Gasteiger partial charge in [-0.3, -0.25) is 0 Å². The van der Waals surface area contributed by atoms with Gasteiger partial charge in [0.1, 0.15) is 10.8 Å². The van der Waals surface area contributed by atoms with Crippen molar-refractivity contribution in [3.63, 3.8) is 0 Å². The molecule has 20 heavy (non-hydrogen) atoms. The molecule has 0 saturated heterocycles. The maximum Gasteiger partial charge on any atom is 0.125 e. The van der Waals surface area contributed by atoms with Gasteiger partial charge in [0, 0.05) is 6.07 Å². The smallest absolute Gasteiger partial charge is 0.125 e. The molecule has 0 atom stereocenters. The van der Waals surface area contributed by atoms with E-state index < -0.39 is 0 Å². The van der Waals surface area contributed by atoms with Crippen LogP contribution in [0.5, 0.6) is 0 Å². The number of fused-ring (bicyclic) bond motifs is 1. The van der Waals surface area contributed by atoms with Crippen LogP contribution < -0.4 is 0 Å².